The predicted octanol–water partition coefficient (Wildman–Crippen LogP) is 1.39. The van der Waals surface area contributed by atoms with Gasteiger partial charge in [0.05, 0.1) is 19.0 Å². The van der Waals surface area contributed by atoms with Gasteiger partial charge in [-0.05, 0) is 25.7 Å². The number of carboxylic acid groups (broad SMARTS) is 1. The van der Waals surface area contributed by atoms with Crippen molar-refractivity contribution in [1.29, 1.82) is 0 Å². The summed E-state index contributed by atoms with van der Waals surface area (Å²) >= 11 is 0. The Balaban J connectivity index is 1.77. The fourth-order valence-corrected chi connectivity index (χ4v) is 2.94. The SMILES string of the molecule is O=C(O)C1CCC(NC(=O)N2CC(=O)N(CCC(F)(F)F)C2)CC1. The number of aliphatic carboxylic acids is 1. The Morgan fingerprint density at radius 3 is 2.38 bits per heavy atom. The third kappa shape index (κ3) is 5.00. The molecule has 0 spiro atoms. The van der Waals surface area contributed by atoms with Crippen molar-refractivity contribution in [2.45, 2.75) is 44.3 Å². The van der Waals surface area contributed by atoms with Crippen LogP contribution in [0.3, 0.4) is 0 Å². The molecule has 1 saturated carbocycles. The molecule has 2 fully saturated rings. The maximum Gasteiger partial charge on any atom is 0.390 e. The molecule has 3 amide bonds. The number of carbonyl (C=O) groups is 3. The first-order valence-electron chi connectivity index (χ1n) is 7.78. The second kappa shape index (κ2) is 7.27. The van der Waals surface area contributed by atoms with Gasteiger partial charge >= 0.3 is 18.2 Å². The summed E-state index contributed by atoms with van der Waals surface area (Å²) in [5, 5.41) is 11.7. The van der Waals surface area contributed by atoms with Gasteiger partial charge in [0.15, 0.2) is 0 Å². The van der Waals surface area contributed by atoms with Crippen molar-refractivity contribution in [2.75, 3.05) is 19.8 Å². The molecule has 0 atom stereocenters. The highest BCUT2D eigenvalue weighted by atomic mass is 19.4. The average molecular weight is 351 g/mol. The molecule has 1 saturated heterocycles. The van der Waals surface area contributed by atoms with E-state index < -0.39 is 43.0 Å². The Kier molecular flexibility index (Phi) is 5.55. The van der Waals surface area contributed by atoms with Gasteiger partial charge in [-0.1, -0.05) is 0 Å². The fourth-order valence-electron chi connectivity index (χ4n) is 2.94. The second-order valence-electron chi connectivity index (χ2n) is 6.20. The van der Waals surface area contributed by atoms with Crippen molar-refractivity contribution in [3.8, 4) is 0 Å². The normalized spacial score (nSPS) is 25.0. The molecule has 1 heterocycles. The van der Waals surface area contributed by atoms with E-state index in [1.54, 1.807) is 0 Å². The third-order valence-corrected chi connectivity index (χ3v) is 4.38. The third-order valence-electron chi connectivity index (χ3n) is 4.38. The molecule has 1 aliphatic heterocycles. The van der Waals surface area contributed by atoms with Crippen molar-refractivity contribution >= 4 is 17.9 Å². The van der Waals surface area contributed by atoms with Crippen LogP contribution in [0.4, 0.5) is 18.0 Å². The minimum Gasteiger partial charge on any atom is -0.481 e. The van der Waals surface area contributed by atoms with Crippen LogP contribution in [0, 0.1) is 5.92 Å². The number of nitrogens with one attached hydrogen (secondary N) is 1. The Hall–Kier alpha value is -2.00. The highest BCUT2D eigenvalue weighted by Gasteiger charge is 2.35. The van der Waals surface area contributed by atoms with Gasteiger partial charge in [-0.3, -0.25) is 14.5 Å². The molecule has 0 aromatic carbocycles. The lowest BCUT2D eigenvalue weighted by molar-refractivity contribution is -0.144. The second-order valence-corrected chi connectivity index (χ2v) is 6.20. The molecule has 24 heavy (non-hydrogen) atoms. The molecule has 0 unspecified atom stereocenters. The van der Waals surface area contributed by atoms with Gasteiger partial charge in [-0.15, -0.1) is 0 Å². The topological polar surface area (TPSA) is 90.0 Å². The molecular formula is C14H20F3N3O4. The molecule has 2 N–H and O–H groups in total. The molecule has 2 rings (SSSR count). The number of carbonyl (C=O) groups excluding carboxylic acids is 2. The number of hydrogen-bond donors (Lipinski definition) is 2. The molecule has 7 nitrogen and oxygen atoms in total. The molecule has 0 radical (unpaired) electrons. The minimum atomic E-state index is -4.35. The molecule has 136 valence electrons. The first kappa shape index (κ1) is 18.3. The van der Waals surface area contributed by atoms with E-state index in [0.29, 0.717) is 25.7 Å². The van der Waals surface area contributed by atoms with Gasteiger partial charge in [-0.25, -0.2) is 4.79 Å². The van der Waals surface area contributed by atoms with Crippen LogP contribution >= 0.6 is 0 Å². The zero-order chi connectivity index (χ0) is 17.9. The number of alkyl halides is 3. The van der Waals surface area contributed by atoms with Crippen LogP contribution in [0.15, 0.2) is 0 Å². The van der Waals surface area contributed by atoms with Crippen molar-refractivity contribution in [1.82, 2.24) is 15.1 Å². The Bertz CT molecular complexity index is 504. The van der Waals surface area contributed by atoms with E-state index in [0.717, 1.165) is 4.90 Å². The molecule has 0 bridgehead atoms. The van der Waals surface area contributed by atoms with Crippen LogP contribution in [0.2, 0.25) is 0 Å². The van der Waals surface area contributed by atoms with E-state index >= 15 is 0 Å². The molecule has 0 aromatic rings. The van der Waals surface area contributed by atoms with Crippen LogP contribution in [-0.4, -0.2) is 64.8 Å². The van der Waals surface area contributed by atoms with Gasteiger partial charge < -0.3 is 15.3 Å². The Morgan fingerprint density at radius 2 is 1.83 bits per heavy atom. The van der Waals surface area contributed by atoms with Crippen molar-refractivity contribution in [3.05, 3.63) is 0 Å². The maximum atomic E-state index is 12.2. The number of halogens is 3. The van der Waals surface area contributed by atoms with E-state index in [1.165, 1.54) is 4.90 Å². The predicted molar refractivity (Wildman–Crippen MR) is 75.9 cm³/mol. The lowest BCUT2D eigenvalue weighted by atomic mass is 9.86. The molecule has 0 aromatic heterocycles. The van der Waals surface area contributed by atoms with Crippen LogP contribution in [0.5, 0.6) is 0 Å². The summed E-state index contributed by atoms with van der Waals surface area (Å²) in [4.78, 5) is 36.9. The van der Waals surface area contributed by atoms with E-state index in [2.05, 4.69) is 5.32 Å². The smallest absolute Gasteiger partial charge is 0.390 e. The largest absolute Gasteiger partial charge is 0.481 e. The van der Waals surface area contributed by atoms with Gasteiger partial charge in [0, 0.05) is 12.6 Å². The number of carboxylic acids is 1. The standard InChI is InChI=1S/C14H20F3N3O4/c15-14(16,17)5-6-19-8-20(7-11(19)21)13(24)18-10-3-1-9(2-4-10)12(22)23/h9-10H,1-8H2,(H,18,24)(H,22,23). The average Bonchev–Trinajstić information content (AvgIpc) is 2.86. The van der Waals surface area contributed by atoms with Gasteiger partial charge in [-0.2, -0.15) is 13.2 Å². The molecular weight excluding hydrogens is 331 g/mol. The Labute approximate surface area is 136 Å². The van der Waals surface area contributed by atoms with Crippen molar-refractivity contribution in [3.63, 3.8) is 0 Å². The Morgan fingerprint density at radius 1 is 1.21 bits per heavy atom. The van der Waals surface area contributed by atoms with Crippen LogP contribution < -0.4 is 5.32 Å². The fraction of sp³-hybridized carbons (Fsp3) is 0.786. The zero-order valence-corrected chi connectivity index (χ0v) is 13.0. The van der Waals surface area contributed by atoms with E-state index in [4.69, 9.17) is 5.11 Å². The summed E-state index contributed by atoms with van der Waals surface area (Å²) in [6, 6.07) is -0.677. The molecule has 1 aliphatic carbocycles. The summed E-state index contributed by atoms with van der Waals surface area (Å²) in [6.07, 6.45) is -3.45. The van der Waals surface area contributed by atoms with Gasteiger partial charge in [0.2, 0.25) is 5.91 Å². The summed E-state index contributed by atoms with van der Waals surface area (Å²) in [7, 11) is 0. The summed E-state index contributed by atoms with van der Waals surface area (Å²) < 4.78 is 36.6. The first-order valence-corrected chi connectivity index (χ1v) is 7.78. The lowest BCUT2D eigenvalue weighted by Gasteiger charge is -2.28. The van der Waals surface area contributed by atoms with E-state index in [-0.39, 0.29) is 19.3 Å². The van der Waals surface area contributed by atoms with Gasteiger partial charge in [0.25, 0.3) is 0 Å². The lowest BCUT2D eigenvalue weighted by Crippen LogP contribution is -2.46. The van der Waals surface area contributed by atoms with Crippen molar-refractivity contribution < 1.29 is 32.7 Å². The number of rotatable bonds is 4. The molecule has 10 heteroatoms. The summed E-state index contributed by atoms with van der Waals surface area (Å²) in [5.74, 6) is -1.75. The van der Waals surface area contributed by atoms with E-state index in [1.807, 2.05) is 0 Å². The quantitative estimate of drug-likeness (QED) is 0.801. The number of hydrogen-bond acceptors (Lipinski definition) is 3. The van der Waals surface area contributed by atoms with Crippen LogP contribution in [-0.2, 0) is 9.59 Å². The van der Waals surface area contributed by atoms with Crippen LogP contribution in [0.25, 0.3) is 0 Å². The minimum absolute atomic E-state index is 0.161. The number of urea groups is 1. The number of amides is 3. The monoisotopic (exact) mass is 351 g/mol. The summed E-state index contributed by atoms with van der Waals surface area (Å²) in [5.41, 5.74) is 0. The highest BCUT2D eigenvalue weighted by molar-refractivity contribution is 5.87. The van der Waals surface area contributed by atoms with Crippen molar-refractivity contribution in [2.24, 2.45) is 5.92 Å². The van der Waals surface area contributed by atoms with E-state index in [9.17, 15) is 27.6 Å². The van der Waals surface area contributed by atoms with Crippen LogP contribution in [0.1, 0.15) is 32.1 Å². The number of nitrogens with zero attached hydrogens (tertiary/aromatic N) is 2. The van der Waals surface area contributed by atoms with Gasteiger partial charge in [0.1, 0.15) is 6.54 Å². The summed E-state index contributed by atoms with van der Waals surface area (Å²) in [6.45, 7) is -0.866. The maximum absolute atomic E-state index is 12.2. The highest BCUT2D eigenvalue weighted by Crippen LogP contribution is 2.25. The first-order chi connectivity index (χ1) is 11.2. The molecule has 2 aliphatic rings. The zero-order valence-electron chi connectivity index (χ0n) is 13.0.